The van der Waals surface area contributed by atoms with Crippen molar-refractivity contribution in [3.63, 3.8) is 0 Å². The van der Waals surface area contributed by atoms with E-state index in [-0.39, 0.29) is 30.2 Å². The summed E-state index contributed by atoms with van der Waals surface area (Å²) in [7, 11) is 1.41. The summed E-state index contributed by atoms with van der Waals surface area (Å²) >= 11 is 1.54. The Hall–Kier alpha value is -1.11. The molecule has 0 radical (unpaired) electrons. The Morgan fingerprint density at radius 3 is 2.54 bits per heavy atom. The summed E-state index contributed by atoms with van der Waals surface area (Å²) in [5.41, 5.74) is 1.64. The van der Waals surface area contributed by atoms with E-state index in [1.54, 1.807) is 11.3 Å². The predicted octanol–water partition coefficient (Wildman–Crippen LogP) is 0.824. The number of hydrogen-bond donors (Lipinski definition) is 1. The lowest BCUT2D eigenvalue weighted by Crippen LogP contribution is -3.00. The lowest BCUT2D eigenvalue weighted by atomic mass is 9.88. The first-order valence-corrected chi connectivity index (χ1v) is 10.1. The molecule has 0 saturated heterocycles. The van der Waals surface area contributed by atoms with E-state index < -0.39 is 0 Å². The van der Waals surface area contributed by atoms with Gasteiger partial charge < -0.3 is 22.5 Å². The lowest BCUT2D eigenvalue weighted by Gasteiger charge is -2.30. The summed E-state index contributed by atoms with van der Waals surface area (Å²) in [4.78, 5) is 28.6. The van der Waals surface area contributed by atoms with Crippen molar-refractivity contribution in [2.75, 3.05) is 19.0 Å². The minimum atomic E-state index is -0.338. The van der Waals surface area contributed by atoms with Crippen LogP contribution in [-0.4, -0.2) is 36.5 Å². The van der Waals surface area contributed by atoms with Gasteiger partial charge in [-0.25, -0.2) is 4.79 Å². The zero-order valence-corrected chi connectivity index (χ0v) is 17.3. The van der Waals surface area contributed by atoms with Crippen LogP contribution >= 0.6 is 11.3 Å². The Balaban J connectivity index is 0.00000243. The molecule has 5 nitrogen and oxygen atoms in total. The van der Waals surface area contributed by atoms with Crippen LogP contribution in [0.3, 0.4) is 0 Å². The number of methoxy groups -OCH3 is 1. The van der Waals surface area contributed by atoms with Crippen LogP contribution in [0.25, 0.3) is 0 Å². The van der Waals surface area contributed by atoms with Gasteiger partial charge in [-0.2, -0.15) is 0 Å². The minimum absolute atomic E-state index is 0. The van der Waals surface area contributed by atoms with Crippen molar-refractivity contribution in [3.05, 3.63) is 16.0 Å². The zero-order valence-electron chi connectivity index (χ0n) is 15.8. The van der Waals surface area contributed by atoms with Gasteiger partial charge in [-0.3, -0.25) is 9.69 Å². The van der Waals surface area contributed by atoms with E-state index in [1.165, 1.54) is 18.4 Å². The second kappa shape index (κ2) is 9.20. The summed E-state index contributed by atoms with van der Waals surface area (Å²) in [6.45, 7) is 6.14. The molecule has 1 saturated carbocycles. The quantitative estimate of drug-likeness (QED) is 0.762. The highest BCUT2D eigenvalue weighted by molar-refractivity contribution is 7.17. The van der Waals surface area contributed by atoms with Crippen LogP contribution in [-0.2, 0) is 22.5 Å². The number of esters is 1. The van der Waals surface area contributed by atoms with Gasteiger partial charge in [0.05, 0.1) is 12.7 Å². The molecule has 0 bridgehead atoms. The number of fused-ring (bicyclic) bond motifs is 1. The molecule has 3 rings (SSSR count). The number of nitrogens with one attached hydrogen (secondary N) is 1. The van der Waals surface area contributed by atoms with Gasteiger partial charge in [0.1, 0.15) is 5.00 Å². The average Bonchev–Trinajstić information content (AvgIpc) is 2.98. The van der Waals surface area contributed by atoms with E-state index in [0.717, 1.165) is 50.8 Å². The van der Waals surface area contributed by atoms with E-state index >= 15 is 0 Å². The monoisotopic (exact) mass is 399 g/mol. The number of ether oxygens (including phenoxy) is 1. The van der Waals surface area contributed by atoms with Gasteiger partial charge in [0, 0.05) is 29.9 Å². The molecule has 1 aliphatic carbocycles. The molecule has 1 N–H and O–H groups in total. The van der Waals surface area contributed by atoms with Crippen molar-refractivity contribution in [2.45, 2.75) is 65.0 Å². The van der Waals surface area contributed by atoms with Crippen molar-refractivity contribution in [2.24, 2.45) is 5.92 Å². The van der Waals surface area contributed by atoms with E-state index in [0.29, 0.717) is 16.6 Å². The number of hydrogen-bond acceptors (Lipinski definition) is 5. The van der Waals surface area contributed by atoms with E-state index in [4.69, 9.17) is 4.74 Å². The van der Waals surface area contributed by atoms with Gasteiger partial charge in [0.15, 0.2) is 0 Å². The van der Waals surface area contributed by atoms with Gasteiger partial charge in [-0.15, -0.1) is 11.3 Å². The first-order chi connectivity index (χ1) is 12.0. The number of carbonyl (C=O) groups is 2. The normalized spacial score (nSPS) is 18.2. The maximum Gasteiger partial charge on any atom is 0.341 e. The molecule has 2 aliphatic rings. The topological polar surface area (TPSA) is 58.6 Å². The highest BCUT2D eigenvalue weighted by Crippen LogP contribution is 2.38. The third-order valence-corrected chi connectivity index (χ3v) is 6.55. The van der Waals surface area contributed by atoms with E-state index in [2.05, 4.69) is 24.1 Å². The van der Waals surface area contributed by atoms with Crippen LogP contribution in [0, 0.1) is 5.92 Å². The fourth-order valence-electron chi connectivity index (χ4n) is 3.85. The molecule has 0 aromatic carbocycles. The SMILES string of the molecule is COC(=O)c1c(NC(=O)C2CCCCC2)sc2c1CCN(C(C)C)C2.[Cl-]. The van der Waals surface area contributed by atoms with Gasteiger partial charge in [0.2, 0.25) is 5.91 Å². The molecule has 1 aromatic rings. The maximum absolute atomic E-state index is 12.6. The van der Waals surface area contributed by atoms with Crippen LogP contribution in [0.5, 0.6) is 0 Å². The van der Waals surface area contributed by atoms with Crippen molar-refractivity contribution in [1.29, 1.82) is 0 Å². The summed E-state index contributed by atoms with van der Waals surface area (Å²) in [6.07, 6.45) is 6.18. The Labute approximate surface area is 165 Å². The number of anilines is 1. The van der Waals surface area contributed by atoms with Gasteiger partial charge in [-0.1, -0.05) is 19.3 Å². The van der Waals surface area contributed by atoms with Gasteiger partial charge in [0.25, 0.3) is 0 Å². The van der Waals surface area contributed by atoms with Gasteiger partial charge >= 0.3 is 5.97 Å². The highest BCUT2D eigenvalue weighted by Gasteiger charge is 2.31. The number of halogens is 1. The fourth-order valence-corrected chi connectivity index (χ4v) is 5.11. The third-order valence-electron chi connectivity index (χ3n) is 5.42. The second-order valence-electron chi connectivity index (χ2n) is 7.34. The van der Waals surface area contributed by atoms with Crippen molar-refractivity contribution in [3.8, 4) is 0 Å². The van der Waals surface area contributed by atoms with Crippen LogP contribution in [0.2, 0.25) is 0 Å². The number of carbonyl (C=O) groups excluding carboxylic acids is 2. The molecule has 1 aliphatic heterocycles. The molecular formula is C19H28ClN2O3S-. The number of amides is 1. The number of nitrogens with zero attached hydrogens (tertiary/aromatic N) is 1. The highest BCUT2D eigenvalue weighted by atomic mass is 35.5. The molecule has 1 aromatic heterocycles. The summed E-state index contributed by atoms with van der Waals surface area (Å²) in [5, 5.41) is 3.74. The van der Waals surface area contributed by atoms with Crippen LogP contribution in [0.15, 0.2) is 0 Å². The molecule has 0 atom stereocenters. The number of rotatable bonds is 4. The molecule has 1 fully saturated rings. The molecule has 0 spiro atoms. The largest absolute Gasteiger partial charge is 1.00 e. The van der Waals surface area contributed by atoms with E-state index in [9.17, 15) is 9.59 Å². The van der Waals surface area contributed by atoms with Crippen molar-refractivity contribution < 1.29 is 26.7 Å². The van der Waals surface area contributed by atoms with Crippen LogP contribution in [0.1, 0.15) is 66.8 Å². The summed E-state index contributed by atoms with van der Waals surface area (Å²) < 4.78 is 5.01. The van der Waals surface area contributed by atoms with E-state index in [1.807, 2.05) is 0 Å². The third kappa shape index (κ3) is 4.41. The fraction of sp³-hybridized carbons (Fsp3) is 0.684. The molecule has 26 heavy (non-hydrogen) atoms. The van der Waals surface area contributed by atoms with Crippen molar-refractivity contribution in [1.82, 2.24) is 4.90 Å². The maximum atomic E-state index is 12.6. The lowest BCUT2D eigenvalue weighted by molar-refractivity contribution is -0.120. The first-order valence-electron chi connectivity index (χ1n) is 9.29. The number of thiophene rings is 1. The van der Waals surface area contributed by atoms with Crippen molar-refractivity contribution >= 4 is 28.2 Å². The standard InChI is InChI=1S/C19H28N2O3S.ClH/c1-12(2)21-10-9-14-15(11-21)25-18(16(14)19(23)24-3)20-17(22)13-7-5-4-6-8-13;/h12-13H,4-11H2,1-3H3,(H,20,22);1H/p-1. The van der Waals surface area contributed by atoms with Crippen LogP contribution in [0.4, 0.5) is 5.00 Å². The molecule has 7 heteroatoms. The first kappa shape index (κ1) is 21.2. The molecule has 146 valence electrons. The molecule has 1 amide bonds. The predicted molar refractivity (Wildman–Crippen MR) is 100 cm³/mol. The summed E-state index contributed by atoms with van der Waals surface area (Å²) in [6, 6.07) is 0.470. The molecule has 2 heterocycles. The Kier molecular flexibility index (Phi) is 7.50. The second-order valence-corrected chi connectivity index (χ2v) is 8.44. The molecular weight excluding hydrogens is 372 g/mol. The Morgan fingerprint density at radius 2 is 1.92 bits per heavy atom. The molecule has 0 unspecified atom stereocenters. The minimum Gasteiger partial charge on any atom is -1.00 e. The zero-order chi connectivity index (χ0) is 18.0. The average molecular weight is 400 g/mol. The van der Waals surface area contributed by atoms with Gasteiger partial charge in [-0.05, 0) is 38.7 Å². The summed E-state index contributed by atoms with van der Waals surface area (Å²) in [5.74, 6) is -0.204. The van der Waals surface area contributed by atoms with Crippen LogP contribution < -0.4 is 17.7 Å². The Bertz CT molecular complexity index is 653. The Morgan fingerprint density at radius 1 is 1.23 bits per heavy atom. The smallest absolute Gasteiger partial charge is 0.341 e.